The van der Waals surface area contributed by atoms with Crippen LogP contribution in [0.2, 0.25) is 0 Å². The zero-order valence-electron chi connectivity index (χ0n) is 11.5. The minimum Gasteiger partial charge on any atom is -0.380 e. The van der Waals surface area contributed by atoms with Gasteiger partial charge in [-0.3, -0.25) is 4.79 Å². The lowest BCUT2D eigenvalue weighted by Crippen LogP contribution is -2.40. The second-order valence-electron chi connectivity index (χ2n) is 4.61. The van der Waals surface area contributed by atoms with Crippen LogP contribution in [-0.2, 0) is 9.53 Å². The number of rotatable bonds is 5. The first-order chi connectivity index (χ1) is 9.29. The first kappa shape index (κ1) is 16.7. The zero-order chi connectivity index (χ0) is 13.5. The maximum absolute atomic E-state index is 11.9. The summed E-state index contributed by atoms with van der Waals surface area (Å²) in [5.74, 6) is 0.0391. The Morgan fingerprint density at radius 3 is 2.85 bits per heavy atom. The molecule has 20 heavy (non-hydrogen) atoms. The number of carbonyl (C=O) groups excluding carboxylic acids is 1. The molecule has 1 heterocycles. The van der Waals surface area contributed by atoms with Gasteiger partial charge in [-0.1, -0.05) is 42.5 Å². The van der Waals surface area contributed by atoms with Crippen molar-refractivity contribution in [1.29, 1.82) is 0 Å². The summed E-state index contributed by atoms with van der Waals surface area (Å²) in [5, 5.41) is 6.05. The number of hydrogen-bond donors (Lipinski definition) is 2. The Kier molecular flexibility index (Phi) is 7.30. The molecule has 0 aliphatic carbocycles. The minimum absolute atomic E-state index is 0. The van der Waals surface area contributed by atoms with Crippen molar-refractivity contribution in [3.63, 3.8) is 0 Å². The van der Waals surface area contributed by atoms with Gasteiger partial charge in [0.25, 0.3) is 0 Å². The van der Waals surface area contributed by atoms with E-state index in [2.05, 4.69) is 10.6 Å². The molecule has 4 nitrogen and oxygen atoms in total. The summed E-state index contributed by atoms with van der Waals surface area (Å²) in [5.41, 5.74) is 1.13. The predicted octanol–water partition coefficient (Wildman–Crippen LogP) is 1.61. The van der Waals surface area contributed by atoms with E-state index in [1.807, 2.05) is 42.5 Å². The lowest BCUT2D eigenvalue weighted by Gasteiger charge is -2.09. The molecule has 1 saturated heterocycles. The monoisotopic (exact) mass is 296 g/mol. The number of carbonyl (C=O) groups is 1. The summed E-state index contributed by atoms with van der Waals surface area (Å²) in [6, 6.07) is 9.89. The van der Waals surface area contributed by atoms with Crippen molar-refractivity contribution in [2.75, 3.05) is 20.2 Å². The number of ether oxygens (including phenoxy) is 1. The molecule has 2 N–H and O–H groups in total. The topological polar surface area (TPSA) is 50.4 Å². The van der Waals surface area contributed by atoms with E-state index in [4.69, 9.17) is 4.74 Å². The fourth-order valence-corrected chi connectivity index (χ4v) is 2.12. The predicted molar refractivity (Wildman–Crippen MR) is 82.9 cm³/mol. The first-order valence-corrected chi connectivity index (χ1v) is 6.55. The summed E-state index contributed by atoms with van der Waals surface area (Å²) >= 11 is 0. The van der Waals surface area contributed by atoms with Gasteiger partial charge in [0.1, 0.15) is 0 Å². The van der Waals surface area contributed by atoms with Crippen LogP contribution >= 0.6 is 12.4 Å². The van der Waals surface area contributed by atoms with E-state index in [9.17, 15) is 4.79 Å². The molecular formula is C15H21ClN2O2. The highest BCUT2D eigenvalue weighted by Crippen LogP contribution is 2.09. The maximum Gasteiger partial charge on any atom is 0.237 e. The Morgan fingerprint density at radius 2 is 2.20 bits per heavy atom. The standard InChI is InChI=1S/C15H20N2O2.ClH/c1-19-13-10-14(17-11-13)15(18)16-9-5-8-12-6-3-2-4-7-12;/h2-8,13-14,17H,9-11H2,1H3,(H,16,18);1H/b8-5+;/t13-,14+;/m0./s1. The van der Waals surface area contributed by atoms with Crippen molar-refractivity contribution in [1.82, 2.24) is 10.6 Å². The molecule has 0 unspecified atom stereocenters. The maximum atomic E-state index is 11.9. The largest absolute Gasteiger partial charge is 0.380 e. The van der Waals surface area contributed by atoms with Gasteiger partial charge in [-0.15, -0.1) is 12.4 Å². The van der Waals surface area contributed by atoms with Crippen molar-refractivity contribution in [2.45, 2.75) is 18.6 Å². The molecule has 1 aliphatic heterocycles. The van der Waals surface area contributed by atoms with Gasteiger partial charge < -0.3 is 15.4 Å². The molecule has 5 heteroatoms. The average Bonchev–Trinajstić information content (AvgIpc) is 2.93. The van der Waals surface area contributed by atoms with E-state index in [0.29, 0.717) is 6.54 Å². The Labute approximate surface area is 126 Å². The van der Waals surface area contributed by atoms with Crippen LogP contribution in [0.5, 0.6) is 0 Å². The Bertz CT molecular complexity index is 437. The van der Waals surface area contributed by atoms with Gasteiger partial charge >= 0.3 is 0 Å². The van der Waals surface area contributed by atoms with E-state index < -0.39 is 0 Å². The molecule has 0 spiro atoms. The van der Waals surface area contributed by atoms with Gasteiger partial charge in [0.2, 0.25) is 5.91 Å². The number of benzene rings is 1. The fraction of sp³-hybridized carbons (Fsp3) is 0.400. The van der Waals surface area contributed by atoms with Crippen LogP contribution in [0.3, 0.4) is 0 Å². The summed E-state index contributed by atoms with van der Waals surface area (Å²) in [4.78, 5) is 11.9. The van der Waals surface area contributed by atoms with Crippen LogP contribution in [0.25, 0.3) is 6.08 Å². The Hall–Kier alpha value is -1.36. The highest BCUT2D eigenvalue weighted by molar-refractivity contribution is 5.85. The van der Waals surface area contributed by atoms with E-state index in [1.165, 1.54) is 0 Å². The van der Waals surface area contributed by atoms with Crippen molar-refractivity contribution in [2.24, 2.45) is 0 Å². The van der Waals surface area contributed by atoms with Gasteiger partial charge in [-0.2, -0.15) is 0 Å². The third kappa shape index (κ3) is 4.96. The van der Waals surface area contributed by atoms with Crippen molar-refractivity contribution in [3.8, 4) is 0 Å². The number of hydrogen-bond acceptors (Lipinski definition) is 3. The quantitative estimate of drug-likeness (QED) is 0.868. The molecule has 2 atom stereocenters. The molecular weight excluding hydrogens is 276 g/mol. The van der Waals surface area contributed by atoms with Crippen LogP contribution in [-0.4, -0.2) is 38.3 Å². The van der Waals surface area contributed by atoms with Crippen LogP contribution in [0.15, 0.2) is 36.4 Å². The van der Waals surface area contributed by atoms with Crippen LogP contribution in [0.4, 0.5) is 0 Å². The summed E-state index contributed by atoms with van der Waals surface area (Å²) in [7, 11) is 1.68. The average molecular weight is 297 g/mol. The molecule has 1 aliphatic rings. The number of amides is 1. The number of nitrogens with one attached hydrogen (secondary N) is 2. The van der Waals surface area contributed by atoms with Gasteiger partial charge in [-0.25, -0.2) is 0 Å². The van der Waals surface area contributed by atoms with E-state index in [-0.39, 0.29) is 30.5 Å². The second kappa shape index (κ2) is 8.74. The first-order valence-electron chi connectivity index (χ1n) is 6.55. The Morgan fingerprint density at radius 1 is 1.45 bits per heavy atom. The molecule has 0 saturated carbocycles. The SMILES string of the molecule is CO[C@@H]1CN[C@@H](C(=O)NC/C=C/c2ccccc2)C1.Cl. The third-order valence-electron chi connectivity index (χ3n) is 3.24. The molecule has 0 bridgehead atoms. The molecule has 0 radical (unpaired) electrons. The van der Waals surface area contributed by atoms with Gasteiger partial charge in [-0.05, 0) is 12.0 Å². The summed E-state index contributed by atoms with van der Waals surface area (Å²) < 4.78 is 5.22. The van der Waals surface area contributed by atoms with Crippen molar-refractivity contribution >= 4 is 24.4 Å². The number of halogens is 1. The lowest BCUT2D eigenvalue weighted by molar-refractivity contribution is -0.122. The van der Waals surface area contributed by atoms with Crippen LogP contribution in [0, 0.1) is 0 Å². The van der Waals surface area contributed by atoms with Crippen molar-refractivity contribution < 1.29 is 9.53 Å². The molecule has 1 amide bonds. The van der Waals surface area contributed by atoms with E-state index in [1.54, 1.807) is 7.11 Å². The minimum atomic E-state index is -0.130. The highest BCUT2D eigenvalue weighted by Gasteiger charge is 2.28. The molecule has 2 rings (SSSR count). The molecule has 1 fully saturated rings. The highest BCUT2D eigenvalue weighted by atomic mass is 35.5. The Balaban J connectivity index is 0.00000200. The van der Waals surface area contributed by atoms with Crippen LogP contribution < -0.4 is 10.6 Å². The fourth-order valence-electron chi connectivity index (χ4n) is 2.12. The molecule has 1 aromatic carbocycles. The third-order valence-corrected chi connectivity index (χ3v) is 3.24. The van der Waals surface area contributed by atoms with E-state index >= 15 is 0 Å². The molecule has 1 aromatic rings. The van der Waals surface area contributed by atoms with Crippen LogP contribution in [0.1, 0.15) is 12.0 Å². The number of methoxy groups -OCH3 is 1. The smallest absolute Gasteiger partial charge is 0.237 e. The van der Waals surface area contributed by atoms with Gasteiger partial charge in [0.15, 0.2) is 0 Å². The molecule has 0 aromatic heterocycles. The second-order valence-corrected chi connectivity index (χ2v) is 4.61. The van der Waals surface area contributed by atoms with E-state index in [0.717, 1.165) is 18.5 Å². The van der Waals surface area contributed by atoms with Gasteiger partial charge in [0, 0.05) is 20.2 Å². The normalized spacial score (nSPS) is 21.6. The van der Waals surface area contributed by atoms with Crippen molar-refractivity contribution in [3.05, 3.63) is 42.0 Å². The molecule has 110 valence electrons. The lowest BCUT2D eigenvalue weighted by atomic mass is 10.2. The summed E-state index contributed by atoms with van der Waals surface area (Å²) in [6.07, 6.45) is 4.84. The zero-order valence-corrected chi connectivity index (χ0v) is 12.4. The summed E-state index contributed by atoms with van der Waals surface area (Å²) in [6.45, 7) is 1.29. The van der Waals surface area contributed by atoms with Gasteiger partial charge in [0.05, 0.1) is 12.1 Å².